The van der Waals surface area contributed by atoms with Crippen LogP contribution >= 0.6 is 0 Å². The second-order valence-corrected chi connectivity index (χ2v) is 2.01. The molecule has 0 saturated carbocycles. The van der Waals surface area contributed by atoms with Gasteiger partial charge < -0.3 is 19.4 Å². The number of rotatable bonds is 3. The summed E-state index contributed by atoms with van der Waals surface area (Å²) < 4.78 is 9.26. The first-order valence-corrected chi connectivity index (χ1v) is 3.24. The van der Waals surface area contributed by atoms with Crippen LogP contribution in [0, 0.1) is 0 Å². The van der Waals surface area contributed by atoms with Crippen LogP contribution in [-0.2, 0) is 6.61 Å². The lowest BCUT2D eigenvalue weighted by Crippen LogP contribution is -2.08. The Balaban J connectivity index is 2.96. The van der Waals surface area contributed by atoms with E-state index in [1.165, 1.54) is 0 Å². The Kier molecular flexibility index (Phi) is 2.84. The molecule has 1 aromatic rings. The molecule has 1 heterocycles. The van der Waals surface area contributed by atoms with Crippen molar-refractivity contribution in [3.63, 3.8) is 0 Å². The van der Waals surface area contributed by atoms with E-state index in [2.05, 4.69) is 4.74 Å². The molecule has 1 aromatic heterocycles. The first-order chi connectivity index (χ1) is 5.77. The van der Waals surface area contributed by atoms with E-state index >= 15 is 0 Å². The van der Waals surface area contributed by atoms with Gasteiger partial charge in [-0.05, 0) is 0 Å². The van der Waals surface area contributed by atoms with Crippen LogP contribution in [0.2, 0.25) is 0 Å². The second-order valence-electron chi connectivity index (χ2n) is 2.01. The molecule has 0 radical (unpaired) electrons. The zero-order chi connectivity index (χ0) is 8.97. The van der Waals surface area contributed by atoms with E-state index in [0.29, 0.717) is 0 Å². The molecule has 0 saturated heterocycles. The summed E-state index contributed by atoms with van der Waals surface area (Å²) in [6, 6.07) is 1.10. The van der Waals surface area contributed by atoms with Gasteiger partial charge in [0.25, 0.3) is 0 Å². The maximum atomic E-state index is 11.0. The molecule has 2 N–H and O–H groups in total. The van der Waals surface area contributed by atoms with E-state index in [9.17, 15) is 4.79 Å². The minimum absolute atomic E-state index is 0.0744. The summed E-state index contributed by atoms with van der Waals surface area (Å²) in [6.07, 6.45) is 1.05. The van der Waals surface area contributed by atoms with Gasteiger partial charge in [-0.1, -0.05) is 0 Å². The van der Waals surface area contributed by atoms with Crippen LogP contribution < -0.4 is 10.2 Å². The van der Waals surface area contributed by atoms with Crippen molar-refractivity contribution in [2.75, 3.05) is 6.79 Å². The van der Waals surface area contributed by atoms with Crippen LogP contribution in [0.1, 0.15) is 5.76 Å². The van der Waals surface area contributed by atoms with Gasteiger partial charge >= 0.3 is 0 Å². The summed E-state index contributed by atoms with van der Waals surface area (Å²) in [5.74, 6) is 0.0833. The smallest absolute Gasteiger partial charge is 0.227 e. The van der Waals surface area contributed by atoms with E-state index in [1.54, 1.807) is 0 Å². The lowest BCUT2D eigenvalue weighted by molar-refractivity contribution is 0.0945. The van der Waals surface area contributed by atoms with Crippen LogP contribution in [-0.4, -0.2) is 17.0 Å². The fourth-order valence-corrected chi connectivity index (χ4v) is 0.696. The Bertz CT molecular complexity index is 303. The predicted molar refractivity (Wildman–Crippen MR) is 38.6 cm³/mol. The molecule has 0 unspecified atom stereocenters. The number of hydrogen-bond donors (Lipinski definition) is 2. The van der Waals surface area contributed by atoms with Gasteiger partial charge in [0.05, 0.1) is 0 Å². The van der Waals surface area contributed by atoms with E-state index in [4.69, 9.17) is 14.6 Å². The average molecular weight is 172 g/mol. The van der Waals surface area contributed by atoms with Crippen molar-refractivity contribution in [1.82, 2.24) is 0 Å². The topological polar surface area (TPSA) is 79.9 Å². The molecule has 5 heteroatoms. The molecule has 0 atom stereocenters. The van der Waals surface area contributed by atoms with Crippen molar-refractivity contribution in [2.24, 2.45) is 0 Å². The molecular formula is C7H8O5. The predicted octanol–water partition coefficient (Wildman–Crippen LogP) is -0.539. The van der Waals surface area contributed by atoms with Crippen LogP contribution in [0.15, 0.2) is 21.5 Å². The minimum atomic E-state index is -0.580. The molecule has 0 aliphatic rings. The molecule has 0 aliphatic heterocycles. The zero-order valence-corrected chi connectivity index (χ0v) is 6.19. The molecule has 0 aliphatic carbocycles. The summed E-state index contributed by atoms with van der Waals surface area (Å²) >= 11 is 0. The Morgan fingerprint density at radius 3 is 2.75 bits per heavy atom. The highest BCUT2D eigenvalue weighted by atomic mass is 16.6. The number of aliphatic hydroxyl groups excluding tert-OH is 2. The summed E-state index contributed by atoms with van der Waals surface area (Å²) in [5.41, 5.74) is -0.431. The van der Waals surface area contributed by atoms with Crippen molar-refractivity contribution in [2.45, 2.75) is 6.61 Å². The highest BCUT2D eigenvalue weighted by Gasteiger charge is 2.02. The van der Waals surface area contributed by atoms with Crippen LogP contribution in [0.4, 0.5) is 0 Å². The van der Waals surface area contributed by atoms with Crippen molar-refractivity contribution in [1.29, 1.82) is 0 Å². The van der Waals surface area contributed by atoms with Gasteiger partial charge in [0, 0.05) is 6.07 Å². The Morgan fingerprint density at radius 2 is 2.25 bits per heavy atom. The first-order valence-electron chi connectivity index (χ1n) is 3.24. The van der Waals surface area contributed by atoms with Gasteiger partial charge in [-0.3, -0.25) is 4.79 Å². The van der Waals surface area contributed by atoms with Gasteiger partial charge in [-0.2, -0.15) is 0 Å². The molecule has 1 rings (SSSR count). The van der Waals surface area contributed by atoms with Crippen LogP contribution in [0.25, 0.3) is 0 Å². The minimum Gasteiger partial charge on any atom is -0.463 e. The fourth-order valence-electron chi connectivity index (χ4n) is 0.696. The molecule has 0 spiro atoms. The monoisotopic (exact) mass is 172 g/mol. The molecule has 12 heavy (non-hydrogen) atoms. The molecule has 0 aromatic carbocycles. The van der Waals surface area contributed by atoms with Gasteiger partial charge in [0.2, 0.25) is 11.2 Å². The lowest BCUT2D eigenvalue weighted by atomic mass is 10.4. The quantitative estimate of drug-likeness (QED) is 0.598. The lowest BCUT2D eigenvalue weighted by Gasteiger charge is -1.99. The highest BCUT2D eigenvalue weighted by molar-refractivity contribution is 5.16. The summed E-state index contributed by atoms with van der Waals surface area (Å²) in [4.78, 5) is 11.0. The van der Waals surface area contributed by atoms with Gasteiger partial charge in [-0.25, -0.2) is 0 Å². The molecule has 66 valence electrons. The Morgan fingerprint density at radius 1 is 1.50 bits per heavy atom. The van der Waals surface area contributed by atoms with Crippen molar-refractivity contribution in [3.05, 3.63) is 28.3 Å². The normalized spacial score (nSPS) is 9.83. The maximum absolute atomic E-state index is 11.0. The number of hydrogen-bond acceptors (Lipinski definition) is 5. The first kappa shape index (κ1) is 8.76. The van der Waals surface area contributed by atoms with E-state index in [0.717, 1.165) is 12.3 Å². The standard InChI is InChI=1S/C7H8O5/c8-2-5-1-6(10)7(3-11-5)12-4-9/h1,3,8-9H,2,4H2. The average Bonchev–Trinajstić information content (AvgIpc) is 2.09. The molecule has 5 nitrogen and oxygen atoms in total. The third-order valence-electron chi connectivity index (χ3n) is 1.23. The SMILES string of the molecule is O=c1cc(CO)occ1OCO. The number of ether oxygens (including phenoxy) is 1. The Hall–Kier alpha value is -1.33. The summed E-state index contributed by atoms with van der Waals surface area (Å²) in [6.45, 7) is -0.919. The van der Waals surface area contributed by atoms with Gasteiger partial charge in [0.1, 0.15) is 18.6 Å². The van der Waals surface area contributed by atoms with Gasteiger partial charge in [-0.15, -0.1) is 0 Å². The molecular weight excluding hydrogens is 164 g/mol. The number of aliphatic hydroxyl groups is 2. The van der Waals surface area contributed by atoms with Crippen molar-refractivity contribution in [3.8, 4) is 5.75 Å². The largest absolute Gasteiger partial charge is 0.463 e. The van der Waals surface area contributed by atoms with Crippen molar-refractivity contribution >= 4 is 0 Å². The second kappa shape index (κ2) is 3.89. The van der Waals surface area contributed by atoms with Crippen LogP contribution in [0.5, 0.6) is 5.75 Å². The third-order valence-corrected chi connectivity index (χ3v) is 1.23. The van der Waals surface area contributed by atoms with Crippen LogP contribution in [0.3, 0.4) is 0 Å². The molecule has 0 fully saturated rings. The van der Waals surface area contributed by atoms with Crippen molar-refractivity contribution < 1.29 is 19.4 Å². The maximum Gasteiger partial charge on any atom is 0.227 e. The molecule has 0 bridgehead atoms. The molecule has 0 amide bonds. The zero-order valence-electron chi connectivity index (χ0n) is 6.19. The summed E-state index contributed by atoms with van der Waals surface area (Å²) in [5, 5.41) is 16.9. The summed E-state index contributed by atoms with van der Waals surface area (Å²) in [7, 11) is 0. The Labute approximate surface area is 67.8 Å². The highest BCUT2D eigenvalue weighted by Crippen LogP contribution is 2.04. The van der Waals surface area contributed by atoms with E-state index < -0.39 is 12.2 Å². The third kappa shape index (κ3) is 1.84. The fraction of sp³-hybridized carbons (Fsp3) is 0.286. The van der Waals surface area contributed by atoms with Gasteiger partial charge in [0.15, 0.2) is 6.79 Å². The van der Waals surface area contributed by atoms with E-state index in [1.807, 2.05) is 0 Å². The van der Waals surface area contributed by atoms with E-state index in [-0.39, 0.29) is 18.1 Å².